The molecule has 1 fully saturated rings. The molecule has 6 aromatic rings. The minimum Gasteiger partial charge on any atom is -0.508 e. The third-order valence-corrected chi connectivity index (χ3v) is 13.7. The molecule has 3 aliphatic heterocycles. The molecule has 0 saturated carbocycles. The van der Waals surface area contributed by atoms with Crippen molar-refractivity contribution in [1.82, 2.24) is 39.0 Å². The van der Waals surface area contributed by atoms with Crippen LogP contribution in [0.5, 0.6) is 17.5 Å². The van der Waals surface area contributed by atoms with E-state index in [0.717, 1.165) is 85.3 Å². The van der Waals surface area contributed by atoms with Crippen molar-refractivity contribution in [2.24, 2.45) is 0 Å². The predicted molar refractivity (Wildman–Crippen MR) is 249 cm³/mol. The SMILES string of the molecule is CCc1c2c(nc3ccc(CN(CCCCN4CCN(Cc5ccc(-n6c(O)nnc6-c6cc(C(C)C)c(O)cc6O)cc5)CC4)C(=O)O)cc13)-c1cc3c(c(=O)n1C2)COC(=O)C3(O)CC. The maximum absolute atomic E-state index is 13.8. The molecular formula is C50H56N8O9. The molecule has 0 aliphatic carbocycles. The lowest BCUT2D eigenvalue weighted by molar-refractivity contribution is -0.172. The van der Waals surface area contributed by atoms with Gasteiger partial charge in [0.05, 0.1) is 40.3 Å². The summed E-state index contributed by atoms with van der Waals surface area (Å²) in [6, 6.07) is 17.9. The van der Waals surface area contributed by atoms with Crippen molar-refractivity contribution in [2.75, 3.05) is 39.3 Å². The van der Waals surface area contributed by atoms with E-state index >= 15 is 0 Å². The Labute approximate surface area is 387 Å². The molecule has 9 rings (SSSR count). The highest BCUT2D eigenvalue weighted by atomic mass is 16.6. The molecule has 3 aromatic heterocycles. The second-order valence-corrected chi connectivity index (χ2v) is 18.2. The molecule has 5 N–H and O–H groups in total. The summed E-state index contributed by atoms with van der Waals surface area (Å²) in [4.78, 5) is 50.1. The van der Waals surface area contributed by atoms with Crippen molar-refractivity contribution in [3.63, 3.8) is 0 Å². The molecule has 1 unspecified atom stereocenters. The van der Waals surface area contributed by atoms with Gasteiger partial charge >= 0.3 is 18.1 Å². The van der Waals surface area contributed by atoms with E-state index < -0.39 is 17.7 Å². The van der Waals surface area contributed by atoms with Gasteiger partial charge in [-0.05, 0) is 96.8 Å². The van der Waals surface area contributed by atoms with E-state index in [1.807, 2.05) is 63.2 Å². The van der Waals surface area contributed by atoms with Crippen LogP contribution in [0.1, 0.15) is 91.8 Å². The summed E-state index contributed by atoms with van der Waals surface area (Å²) in [7, 11) is 0. The number of rotatable bonds is 14. The molecule has 67 heavy (non-hydrogen) atoms. The number of unbranched alkanes of at least 4 members (excludes halogenated alkanes) is 1. The lowest BCUT2D eigenvalue weighted by Crippen LogP contribution is -2.46. The van der Waals surface area contributed by atoms with Crippen LogP contribution >= 0.6 is 0 Å². The van der Waals surface area contributed by atoms with E-state index in [9.17, 15) is 39.9 Å². The van der Waals surface area contributed by atoms with Crippen LogP contribution in [0.25, 0.3) is 39.4 Å². The third kappa shape index (κ3) is 8.36. The molecule has 1 atom stereocenters. The zero-order chi connectivity index (χ0) is 47.3. The van der Waals surface area contributed by atoms with Crippen LogP contribution in [0.4, 0.5) is 4.79 Å². The number of nitrogens with zero attached hydrogens (tertiary/aromatic N) is 8. The fourth-order valence-electron chi connectivity index (χ4n) is 9.92. The largest absolute Gasteiger partial charge is 0.508 e. The number of aromatic nitrogens is 5. The molecule has 17 heteroatoms. The molecule has 350 valence electrons. The number of aliphatic hydroxyl groups is 1. The van der Waals surface area contributed by atoms with Crippen LogP contribution in [-0.4, -0.2) is 116 Å². The number of cyclic esters (lactones) is 1. The number of carboxylic acid groups (broad SMARTS) is 1. The lowest BCUT2D eigenvalue weighted by atomic mass is 9.86. The summed E-state index contributed by atoms with van der Waals surface area (Å²) < 4.78 is 8.33. The number of carbonyl (C=O) groups excluding carboxylic acids is 1. The van der Waals surface area contributed by atoms with Gasteiger partial charge in [-0.15, -0.1) is 5.10 Å². The van der Waals surface area contributed by atoms with Crippen molar-refractivity contribution in [3.8, 4) is 46.0 Å². The first-order valence-corrected chi connectivity index (χ1v) is 23.0. The fraction of sp³-hybridized carbons (Fsp3) is 0.400. The number of ether oxygens (including phenoxy) is 1. The fourth-order valence-corrected chi connectivity index (χ4v) is 9.92. The summed E-state index contributed by atoms with van der Waals surface area (Å²) in [5.74, 6) is -0.686. The first kappa shape index (κ1) is 45.3. The molecule has 17 nitrogen and oxygen atoms in total. The summed E-state index contributed by atoms with van der Waals surface area (Å²) >= 11 is 0. The van der Waals surface area contributed by atoms with E-state index in [1.54, 1.807) is 23.6 Å². The number of piperazine rings is 1. The van der Waals surface area contributed by atoms with Crippen molar-refractivity contribution in [2.45, 2.75) is 91.1 Å². The average Bonchev–Trinajstić information content (AvgIpc) is 3.88. The highest BCUT2D eigenvalue weighted by Gasteiger charge is 2.45. The summed E-state index contributed by atoms with van der Waals surface area (Å²) in [6.07, 6.45) is 1.32. The van der Waals surface area contributed by atoms with Crippen molar-refractivity contribution in [3.05, 3.63) is 110 Å². The Balaban J connectivity index is 0.786. The number of phenols is 2. The molecule has 0 radical (unpaired) electrons. The standard InChI is InChI=1S/C50H56N8O9/c1-5-33-35-21-31(11-14-40(35)51-44-37(33)27-57-41(44)23-39-38(46(57)61)28-67-47(62)50(39,66)6-2)26-56(49(64)65)16-8-7-15-54-17-19-55(20-18-54)25-30-9-12-32(13-10-30)58-45(52-53-48(58)63)36-22-34(29(3)4)42(59)24-43(36)60/h9-14,21-24,29,59-60,66H,5-8,15-20,25-28H2,1-4H3,(H,53,63)(H,64,65). The van der Waals surface area contributed by atoms with Gasteiger partial charge in [-0.2, -0.15) is 0 Å². The second-order valence-electron chi connectivity index (χ2n) is 18.2. The van der Waals surface area contributed by atoms with Gasteiger partial charge in [0.1, 0.15) is 18.1 Å². The van der Waals surface area contributed by atoms with Gasteiger partial charge in [-0.3, -0.25) is 9.69 Å². The maximum atomic E-state index is 13.8. The minimum atomic E-state index is -1.90. The molecule has 3 aliphatic rings. The van der Waals surface area contributed by atoms with Gasteiger partial charge in [0.2, 0.25) is 0 Å². The Hall–Kier alpha value is -6.82. The molecule has 1 saturated heterocycles. The van der Waals surface area contributed by atoms with Gasteiger partial charge in [-0.25, -0.2) is 19.1 Å². The van der Waals surface area contributed by atoms with E-state index in [-0.39, 0.29) is 65.5 Å². The number of phenolic OH excluding ortho intramolecular Hbond substituents is 2. The average molecular weight is 913 g/mol. The molecule has 3 aromatic carbocycles. The summed E-state index contributed by atoms with van der Waals surface area (Å²) in [5, 5.41) is 62.1. The number of pyridine rings is 2. The number of amides is 1. The monoisotopic (exact) mass is 912 g/mol. The Morgan fingerprint density at radius 3 is 2.31 bits per heavy atom. The van der Waals surface area contributed by atoms with Gasteiger partial charge in [0, 0.05) is 68.4 Å². The minimum absolute atomic E-state index is 0.00327. The number of carbonyl (C=O) groups is 2. The Bertz CT molecular complexity index is 2960. The Morgan fingerprint density at radius 2 is 1.61 bits per heavy atom. The smallest absolute Gasteiger partial charge is 0.407 e. The zero-order valence-corrected chi connectivity index (χ0v) is 38.2. The number of hydrogen-bond acceptors (Lipinski definition) is 13. The van der Waals surface area contributed by atoms with Gasteiger partial charge in [0.25, 0.3) is 5.56 Å². The summed E-state index contributed by atoms with van der Waals surface area (Å²) in [6.45, 7) is 13.5. The van der Waals surface area contributed by atoms with Crippen LogP contribution in [0.3, 0.4) is 0 Å². The quantitative estimate of drug-likeness (QED) is 0.0606. The number of benzene rings is 3. The highest BCUT2D eigenvalue weighted by molar-refractivity contribution is 5.89. The third-order valence-electron chi connectivity index (χ3n) is 13.7. The molecule has 0 spiro atoms. The van der Waals surface area contributed by atoms with Crippen LogP contribution < -0.4 is 5.56 Å². The van der Waals surface area contributed by atoms with Crippen molar-refractivity contribution < 1.29 is 39.9 Å². The predicted octanol–water partition coefficient (Wildman–Crippen LogP) is 6.21. The normalized spacial score (nSPS) is 17.1. The van der Waals surface area contributed by atoms with Crippen molar-refractivity contribution in [1.29, 1.82) is 0 Å². The van der Waals surface area contributed by atoms with Crippen LogP contribution in [0, 0.1) is 0 Å². The van der Waals surface area contributed by atoms with Gasteiger partial charge in [-0.1, -0.05) is 51.0 Å². The first-order chi connectivity index (χ1) is 32.2. The van der Waals surface area contributed by atoms with E-state index in [0.29, 0.717) is 47.7 Å². The number of aromatic hydroxyl groups is 3. The van der Waals surface area contributed by atoms with Crippen LogP contribution in [0.2, 0.25) is 0 Å². The van der Waals surface area contributed by atoms with Crippen LogP contribution in [-0.2, 0) is 47.8 Å². The highest BCUT2D eigenvalue weighted by Crippen LogP contribution is 2.42. The molecule has 1 amide bonds. The Kier molecular flexibility index (Phi) is 12.3. The first-order valence-electron chi connectivity index (χ1n) is 23.0. The lowest BCUT2D eigenvalue weighted by Gasteiger charge is -2.34. The van der Waals surface area contributed by atoms with Gasteiger partial charge in [0.15, 0.2) is 11.4 Å². The maximum Gasteiger partial charge on any atom is 0.407 e. The molecular weight excluding hydrogens is 857 g/mol. The number of esters is 1. The van der Waals surface area contributed by atoms with Gasteiger partial charge < -0.3 is 44.6 Å². The number of aryl methyl sites for hydroxylation is 1. The number of hydrogen-bond donors (Lipinski definition) is 5. The Morgan fingerprint density at radius 1 is 0.881 bits per heavy atom. The van der Waals surface area contributed by atoms with E-state index in [1.165, 1.54) is 15.5 Å². The second kappa shape index (κ2) is 18.1. The van der Waals surface area contributed by atoms with Crippen molar-refractivity contribution >= 4 is 23.0 Å². The van der Waals surface area contributed by atoms with Crippen LogP contribution in [0.15, 0.2) is 65.5 Å². The zero-order valence-electron chi connectivity index (χ0n) is 38.2. The molecule has 6 heterocycles. The number of fused-ring (bicyclic) bond motifs is 5. The summed E-state index contributed by atoms with van der Waals surface area (Å²) in [5.41, 5.74) is 5.76. The van der Waals surface area contributed by atoms with E-state index in [4.69, 9.17) is 9.72 Å². The molecule has 0 bridgehead atoms. The van der Waals surface area contributed by atoms with E-state index in [2.05, 4.69) is 20.0 Å². The topological polar surface area (TPSA) is 220 Å².